The predicted octanol–water partition coefficient (Wildman–Crippen LogP) is 2.57. The van der Waals surface area contributed by atoms with Gasteiger partial charge in [0.15, 0.2) is 0 Å². The van der Waals surface area contributed by atoms with Crippen molar-refractivity contribution in [1.82, 2.24) is 4.72 Å². The Balaban J connectivity index is 2.77. The van der Waals surface area contributed by atoms with Gasteiger partial charge in [-0.2, -0.15) is 9.98 Å². The maximum absolute atomic E-state index is 12.0. The molecule has 0 unspecified atom stereocenters. The second-order valence-electron chi connectivity index (χ2n) is 5.74. The summed E-state index contributed by atoms with van der Waals surface area (Å²) < 4.78 is 26.7. The Kier molecular flexibility index (Phi) is 5.61. The molecule has 104 valence electrons. The van der Waals surface area contributed by atoms with E-state index < -0.39 is 15.6 Å². The number of nitrogens with one attached hydrogen (secondary N) is 1. The van der Waals surface area contributed by atoms with Crippen molar-refractivity contribution in [2.75, 3.05) is 5.75 Å². The number of nitrogens with zero attached hydrogens (tertiary/aromatic N) is 1. The monoisotopic (exact) mass is 272 g/mol. The zero-order valence-electron chi connectivity index (χ0n) is 11.4. The summed E-state index contributed by atoms with van der Waals surface area (Å²) in [5, 5.41) is 9.38. The Morgan fingerprint density at radius 3 is 2.11 bits per heavy atom. The first kappa shape index (κ1) is 15.5. The van der Waals surface area contributed by atoms with Crippen LogP contribution in [0.2, 0.25) is 0 Å². The van der Waals surface area contributed by atoms with Gasteiger partial charge in [0.2, 0.25) is 10.0 Å². The Hall–Kier alpha value is -0.600. The second kappa shape index (κ2) is 6.53. The first-order chi connectivity index (χ1) is 8.39. The molecule has 18 heavy (non-hydrogen) atoms. The summed E-state index contributed by atoms with van der Waals surface area (Å²) in [6, 6.07) is 2.22. The van der Waals surface area contributed by atoms with E-state index in [0.717, 1.165) is 25.7 Å². The Bertz CT molecular complexity index is 388. The highest BCUT2D eigenvalue weighted by molar-refractivity contribution is 7.89. The summed E-state index contributed by atoms with van der Waals surface area (Å²) in [5.74, 6) is 0.169. The maximum Gasteiger partial charge on any atom is 0.213 e. The van der Waals surface area contributed by atoms with Gasteiger partial charge in [-0.3, -0.25) is 0 Å². The van der Waals surface area contributed by atoms with Crippen LogP contribution in [0.15, 0.2) is 0 Å². The van der Waals surface area contributed by atoms with Crippen LogP contribution in [0.3, 0.4) is 0 Å². The average Bonchev–Trinajstić information content (AvgIpc) is 2.20. The molecule has 0 heterocycles. The SMILES string of the molecule is CC(C)CS(=O)(=O)NC1(C#N)CCCCCCC1. The molecule has 1 aliphatic carbocycles. The normalized spacial score (nSPS) is 21.0. The van der Waals surface area contributed by atoms with Crippen LogP contribution in [-0.2, 0) is 10.0 Å². The first-order valence-corrected chi connectivity index (χ1v) is 8.47. The second-order valence-corrected chi connectivity index (χ2v) is 7.51. The fourth-order valence-electron chi connectivity index (χ4n) is 2.52. The van der Waals surface area contributed by atoms with Crippen LogP contribution in [-0.4, -0.2) is 19.7 Å². The van der Waals surface area contributed by atoms with Crippen molar-refractivity contribution in [3.63, 3.8) is 0 Å². The summed E-state index contributed by atoms with van der Waals surface area (Å²) in [5.41, 5.74) is -0.867. The van der Waals surface area contributed by atoms with Crippen molar-refractivity contribution < 1.29 is 8.42 Å². The minimum atomic E-state index is -3.35. The van der Waals surface area contributed by atoms with Gasteiger partial charge in [0.25, 0.3) is 0 Å². The van der Waals surface area contributed by atoms with Crippen LogP contribution >= 0.6 is 0 Å². The number of hydrogen-bond donors (Lipinski definition) is 1. The van der Waals surface area contributed by atoms with E-state index in [9.17, 15) is 13.7 Å². The summed E-state index contributed by atoms with van der Waals surface area (Å²) in [4.78, 5) is 0. The molecule has 0 aliphatic heterocycles. The van der Waals surface area contributed by atoms with Crippen molar-refractivity contribution >= 4 is 10.0 Å². The van der Waals surface area contributed by atoms with Crippen molar-refractivity contribution in [3.8, 4) is 6.07 Å². The van der Waals surface area contributed by atoms with Crippen molar-refractivity contribution in [2.24, 2.45) is 5.92 Å². The third kappa shape index (κ3) is 4.95. The van der Waals surface area contributed by atoms with E-state index in [4.69, 9.17) is 0 Å². The largest absolute Gasteiger partial charge is 0.213 e. The molecular formula is C13H24N2O2S. The van der Waals surface area contributed by atoms with Crippen molar-refractivity contribution in [2.45, 2.75) is 64.3 Å². The van der Waals surface area contributed by atoms with Crippen molar-refractivity contribution in [1.29, 1.82) is 5.26 Å². The zero-order chi connectivity index (χ0) is 13.6. The van der Waals surface area contributed by atoms with E-state index in [1.165, 1.54) is 6.42 Å². The Labute approximate surface area is 111 Å². The van der Waals surface area contributed by atoms with E-state index in [1.54, 1.807) is 0 Å². The lowest BCUT2D eigenvalue weighted by atomic mass is 9.86. The third-order valence-electron chi connectivity index (χ3n) is 3.32. The molecule has 1 N–H and O–H groups in total. The topological polar surface area (TPSA) is 70.0 Å². The number of hydrogen-bond acceptors (Lipinski definition) is 3. The highest BCUT2D eigenvalue weighted by Gasteiger charge is 2.34. The van der Waals surface area contributed by atoms with Gasteiger partial charge in [0.1, 0.15) is 5.54 Å². The van der Waals surface area contributed by atoms with Gasteiger partial charge in [0.05, 0.1) is 11.8 Å². The lowest BCUT2D eigenvalue weighted by Gasteiger charge is -2.29. The minimum Gasteiger partial charge on any atom is -0.212 e. The Morgan fingerprint density at radius 2 is 1.67 bits per heavy atom. The fourth-order valence-corrected chi connectivity index (χ4v) is 4.33. The molecule has 0 aromatic heterocycles. The van der Waals surface area contributed by atoms with Crippen molar-refractivity contribution in [3.05, 3.63) is 0 Å². The Morgan fingerprint density at radius 1 is 1.17 bits per heavy atom. The number of sulfonamides is 1. The summed E-state index contributed by atoms with van der Waals surface area (Å²) in [6.07, 6.45) is 6.52. The maximum atomic E-state index is 12.0. The van der Waals surface area contributed by atoms with Crippen LogP contribution < -0.4 is 4.72 Å². The van der Waals surface area contributed by atoms with Crippen LogP contribution in [0.1, 0.15) is 58.8 Å². The molecule has 0 aromatic rings. The average molecular weight is 272 g/mol. The summed E-state index contributed by atoms with van der Waals surface area (Å²) in [7, 11) is -3.35. The molecule has 5 heteroatoms. The fraction of sp³-hybridized carbons (Fsp3) is 0.923. The summed E-state index contributed by atoms with van der Waals surface area (Å²) >= 11 is 0. The predicted molar refractivity (Wildman–Crippen MR) is 72.4 cm³/mol. The molecular weight excluding hydrogens is 248 g/mol. The molecule has 1 fully saturated rings. The molecule has 0 atom stereocenters. The molecule has 0 bridgehead atoms. The van der Waals surface area contributed by atoms with Gasteiger partial charge in [-0.25, -0.2) is 8.42 Å². The first-order valence-electron chi connectivity index (χ1n) is 6.82. The lowest BCUT2D eigenvalue weighted by Crippen LogP contribution is -2.48. The molecule has 0 aromatic carbocycles. The van der Waals surface area contributed by atoms with E-state index >= 15 is 0 Å². The lowest BCUT2D eigenvalue weighted by molar-refractivity contribution is 0.356. The third-order valence-corrected chi connectivity index (χ3v) is 5.13. The number of nitriles is 1. The highest BCUT2D eigenvalue weighted by atomic mass is 32.2. The van der Waals surface area contributed by atoms with Gasteiger partial charge < -0.3 is 0 Å². The molecule has 1 saturated carbocycles. The molecule has 1 rings (SSSR count). The van der Waals surface area contributed by atoms with Crippen LogP contribution in [0.25, 0.3) is 0 Å². The molecule has 0 saturated heterocycles. The molecule has 0 spiro atoms. The highest BCUT2D eigenvalue weighted by Crippen LogP contribution is 2.26. The van der Waals surface area contributed by atoms with Gasteiger partial charge >= 0.3 is 0 Å². The van der Waals surface area contributed by atoms with Crippen LogP contribution in [0.5, 0.6) is 0 Å². The smallest absolute Gasteiger partial charge is 0.212 e. The van der Waals surface area contributed by atoms with Gasteiger partial charge in [-0.05, 0) is 18.8 Å². The van der Waals surface area contributed by atoms with E-state index in [-0.39, 0.29) is 11.7 Å². The van der Waals surface area contributed by atoms with Gasteiger partial charge in [-0.1, -0.05) is 46.0 Å². The van der Waals surface area contributed by atoms with Crippen LogP contribution in [0, 0.1) is 17.2 Å². The van der Waals surface area contributed by atoms with E-state index in [0.29, 0.717) is 12.8 Å². The number of rotatable bonds is 4. The van der Waals surface area contributed by atoms with Gasteiger partial charge in [-0.15, -0.1) is 0 Å². The van der Waals surface area contributed by atoms with E-state index in [1.807, 2.05) is 13.8 Å². The standard InChI is InChI=1S/C13H24N2O2S/c1-12(2)10-18(16,17)15-13(11-14)8-6-4-3-5-7-9-13/h12,15H,3-10H2,1-2H3. The zero-order valence-corrected chi connectivity index (χ0v) is 12.2. The van der Waals surface area contributed by atoms with Gasteiger partial charge in [0, 0.05) is 0 Å². The molecule has 0 amide bonds. The summed E-state index contributed by atoms with van der Waals surface area (Å²) in [6.45, 7) is 3.74. The molecule has 4 nitrogen and oxygen atoms in total. The molecule has 1 aliphatic rings. The quantitative estimate of drug-likeness (QED) is 0.855. The minimum absolute atomic E-state index is 0.0757. The van der Waals surface area contributed by atoms with Crippen LogP contribution in [0.4, 0.5) is 0 Å². The molecule has 0 radical (unpaired) electrons. The van der Waals surface area contributed by atoms with E-state index in [2.05, 4.69) is 10.8 Å².